The largest absolute Gasteiger partial charge is 0.493 e. The summed E-state index contributed by atoms with van der Waals surface area (Å²) in [5.74, 6) is 1.48. The van der Waals surface area contributed by atoms with Gasteiger partial charge in [0.15, 0.2) is 11.5 Å². The molecule has 5 nitrogen and oxygen atoms in total. The van der Waals surface area contributed by atoms with Crippen molar-refractivity contribution in [1.29, 1.82) is 0 Å². The van der Waals surface area contributed by atoms with Crippen molar-refractivity contribution >= 4 is 29.3 Å². The third kappa shape index (κ3) is 3.63. The molecule has 2 aromatic rings. The van der Waals surface area contributed by atoms with E-state index in [0.717, 1.165) is 5.56 Å². The van der Waals surface area contributed by atoms with Crippen molar-refractivity contribution in [3.63, 3.8) is 0 Å². The van der Waals surface area contributed by atoms with E-state index in [0.29, 0.717) is 41.2 Å². The summed E-state index contributed by atoms with van der Waals surface area (Å²) in [6, 6.07) is 10.6. The summed E-state index contributed by atoms with van der Waals surface area (Å²) in [5.41, 5.74) is 1.33. The van der Waals surface area contributed by atoms with E-state index in [-0.39, 0.29) is 5.91 Å². The van der Waals surface area contributed by atoms with Gasteiger partial charge in [-0.15, -0.1) is 0 Å². The Morgan fingerprint density at radius 1 is 1.25 bits per heavy atom. The highest BCUT2D eigenvalue weighted by molar-refractivity contribution is 6.33. The van der Waals surface area contributed by atoms with E-state index in [1.54, 1.807) is 49.6 Å². The van der Waals surface area contributed by atoms with Crippen LogP contribution in [-0.2, 0) is 4.79 Å². The smallest absolute Gasteiger partial charge is 0.248 e. The third-order valence-corrected chi connectivity index (χ3v) is 3.74. The van der Waals surface area contributed by atoms with Gasteiger partial charge in [-0.3, -0.25) is 4.79 Å². The van der Waals surface area contributed by atoms with E-state index >= 15 is 0 Å². The molecule has 0 fully saturated rings. The number of carbonyl (C=O) groups excluding carboxylic acids is 1. The van der Waals surface area contributed by atoms with Gasteiger partial charge in [0.1, 0.15) is 13.2 Å². The van der Waals surface area contributed by atoms with Crippen molar-refractivity contribution in [1.82, 2.24) is 0 Å². The number of para-hydroxylation sites is 1. The molecule has 0 aromatic heterocycles. The summed E-state index contributed by atoms with van der Waals surface area (Å²) in [5, 5.41) is 3.21. The van der Waals surface area contributed by atoms with Gasteiger partial charge in [0.2, 0.25) is 11.7 Å². The van der Waals surface area contributed by atoms with Crippen LogP contribution in [0.25, 0.3) is 6.08 Å². The van der Waals surface area contributed by atoms with Crippen molar-refractivity contribution in [2.24, 2.45) is 0 Å². The SMILES string of the molecule is COc1cc(/C=C/C(=O)Nc2ccccc2Cl)cc2c1OCCO2. The standard InChI is InChI=1S/C18H16ClNO4/c1-22-15-10-12(11-16-18(15)24-9-8-23-16)6-7-17(21)20-14-5-3-2-4-13(14)19/h2-7,10-11H,8-9H2,1H3,(H,20,21)/b7-6+. The molecule has 0 radical (unpaired) electrons. The highest BCUT2D eigenvalue weighted by Gasteiger charge is 2.17. The molecule has 0 saturated heterocycles. The van der Waals surface area contributed by atoms with Gasteiger partial charge in [0.25, 0.3) is 0 Å². The van der Waals surface area contributed by atoms with Crippen LogP contribution in [0.15, 0.2) is 42.5 Å². The Morgan fingerprint density at radius 2 is 2.04 bits per heavy atom. The molecule has 1 amide bonds. The molecule has 0 spiro atoms. The lowest BCUT2D eigenvalue weighted by Gasteiger charge is -2.20. The fraction of sp³-hybridized carbons (Fsp3) is 0.167. The molecule has 1 aliphatic rings. The van der Waals surface area contributed by atoms with E-state index in [4.69, 9.17) is 25.8 Å². The van der Waals surface area contributed by atoms with Crippen molar-refractivity contribution in [3.05, 3.63) is 53.1 Å². The van der Waals surface area contributed by atoms with Crippen LogP contribution in [0, 0.1) is 0 Å². The second-order valence-electron chi connectivity index (χ2n) is 5.05. The van der Waals surface area contributed by atoms with Gasteiger partial charge in [-0.1, -0.05) is 23.7 Å². The molecule has 0 atom stereocenters. The minimum absolute atomic E-state index is 0.281. The van der Waals surface area contributed by atoms with Gasteiger partial charge in [-0.05, 0) is 35.9 Å². The third-order valence-electron chi connectivity index (χ3n) is 3.41. The fourth-order valence-corrected chi connectivity index (χ4v) is 2.48. The maximum absolute atomic E-state index is 12.0. The molecule has 1 N–H and O–H groups in total. The Bertz CT molecular complexity index is 771. The summed E-state index contributed by atoms with van der Waals surface area (Å²) < 4.78 is 16.4. The summed E-state index contributed by atoms with van der Waals surface area (Å²) in [4.78, 5) is 12.0. The summed E-state index contributed by atoms with van der Waals surface area (Å²) in [6.07, 6.45) is 3.10. The average Bonchev–Trinajstić information content (AvgIpc) is 2.61. The zero-order valence-corrected chi connectivity index (χ0v) is 13.8. The molecule has 6 heteroatoms. The summed E-state index contributed by atoms with van der Waals surface area (Å²) in [7, 11) is 1.56. The van der Waals surface area contributed by atoms with Gasteiger partial charge in [-0.2, -0.15) is 0 Å². The number of ether oxygens (including phenoxy) is 3. The van der Waals surface area contributed by atoms with Gasteiger partial charge in [0, 0.05) is 6.08 Å². The average molecular weight is 346 g/mol. The Hall–Kier alpha value is -2.66. The first-order valence-electron chi connectivity index (χ1n) is 7.38. The lowest BCUT2D eigenvalue weighted by atomic mass is 10.1. The molecule has 1 heterocycles. The molecule has 0 saturated carbocycles. The first kappa shape index (κ1) is 16.2. The number of hydrogen-bond donors (Lipinski definition) is 1. The van der Waals surface area contributed by atoms with Crippen molar-refractivity contribution < 1.29 is 19.0 Å². The lowest BCUT2D eigenvalue weighted by Crippen LogP contribution is -2.16. The second-order valence-corrected chi connectivity index (χ2v) is 5.46. The van der Waals surface area contributed by atoms with Crippen molar-refractivity contribution in [2.75, 3.05) is 25.6 Å². The number of halogens is 1. The number of nitrogens with one attached hydrogen (secondary N) is 1. The van der Waals surface area contributed by atoms with E-state index in [9.17, 15) is 4.79 Å². The molecule has 2 aromatic carbocycles. The van der Waals surface area contributed by atoms with Gasteiger partial charge < -0.3 is 19.5 Å². The van der Waals surface area contributed by atoms with E-state index in [1.165, 1.54) is 6.08 Å². The molecule has 0 bridgehead atoms. The van der Waals surface area contributed by atoms with E-state index in [1.807, 2.05) is 0 Å². The first-order chi connectivity index (χ1) is 11.7. The number of hydrogen-bond acceptors (Lipinski definition) is 4. The Labute approximate surface area is 144 Å². The molecule has 24 heavy (non-hydrogen) atoms. The quantitative estimate of drug-likeness (QED) is 0.857. The van der Waals surface area contributed by atoms with E-state index in [2.05, 4.69) is 5.32 Å². The Balaban J connectivity index is 1.76. The number of benzene rings is 2. The summed E-state index contributed by atoms with van der Waals surface area (Å²) >= 11 is 6.02. The number of methoxy groups -OCH3 is 1. The van der Waals surface area contributed by atoms with Gasteiger partial charge in [-0.25, -0.2) is 0 Å². The minimum atomic E-state index is -0.281. The normalized spacial score (nSPS) is 12.9. The minimum Gasteiger partial charge on any atom is -0.493 e. The zero-order valence-electron chi connectivity index (χ0n) is 13.0. The predicted octanol–water partition coefficient (Wildman–Crippen LogP) is 3.77. The zero-order chi connectivity index (χ0) is 16.9. The number of carbonyl (C=O) groups is 1. The molecular weight excluding hydrogens is 330 g/mol. The molecule has 0 unspecified atom stereocenters. The van der Waals surface area contributed by atoms with Gasteiger partial charge >= 0.3 is 0 Å². The number of rotatable bonds is 4. The van der Waals surface area contributed by atoms with E-state index < -0.39 is 0 Å². The highest BCUT2D eigenvalue weighted by Crippen LogP contribution is 2.40. The summed E-state index contributed by atoms with van der Waals surface area (Å²) in [6.45, 7) is 0.967. The molecule has 3 rings (SSSR count). The maximum Gasteiger partial charge on any atom is 0.248 e. The van der Waals surface area contributed by atoms with Crippen LogP contribution in [0.5, 0.6) is 17.2 Å². The highest BCUT2D eigenvalue weighted by atomic mass is 35.5. The van der Waals surface area contributed by atoms with Crippen molar-refractivity contribution in [2.45, 2.75) is 0 Å². The Kier molecular flexibility index (Phi) is 4.91. The van der Waals surface area contributed by atoms with Crippen LogP contribution in [-0.4, -0.2) is 26.2 Å². The number of amides is 1. The number of anilines is 1. The molecule has 124 valence electrons. The molecule has 0 aliphatic carbocycles. The lowest BCUT2D eigenvalue weighted by molar-refractivity contribution is -0.111. The number of fused-ring (bicyclic) bond motifs is 1. The van der Waals surface area contributed by atoms with Crippen LogP contribution in [0.1, 0.15) is 5.56 Å². The topological polar surface area (TPSA) is 56.8 Å². The first-order valence-corrected chi connectivity index (χ1v) is 7.76. The van der Waals surface area contributed by atoms with Gasteiger partial charge in [0.05, 0.1) is 17.8 Å². The second kappa shape index (κ2) is 7.27. The van der Waals surface area contributed by atoms with Crippen LogP contribution in [0.4, 0.5) is 5.69 Å². The monoisotopic (exact) mass is 345 g/mol. The maximum atomic E-state index is 12.0. The van der Waals surface area contributed by atoms with Crippen LogP contribution in [0.2, 0.25) is 5.02 Å². The molecule has 1 aliphatic heterocycles. The Morgan fingerprint density at radius 3 is 2.83 bits per heavy atom. The van der Waals surface area contributed by atoms with Crippen LogP contribution >= 0.6 is 11.6 Å². The van der Waals surface area contributed by atoms with Crippen molar-refractivity contribution in [3.8, 4) is 17.2 Å². The fourth-order valence-electron chi connectivity index (χ4n) is 2.30. The molecular formula is C18H16ClNO4. The van der Waals surface area contributed by atoms with Crippen LogP contribution < -0.4 is 19.5 Å². The van der Waals surface area contributed by atoms with Crippen LogP contribution in [0.3, 0.4) is 0 Å². The predicted molar refractivity (Wildman–Crippen MR) is 93.1 cm³/mol.